The molecule has 1 aromatic carbocycles. The quantitative estimate of drug-likeness (QED) is 0.618. The zero-order valence-electron chi connectivity index (χ0n) is 9.17. The Hall–Kier alpha value is -2.24. The fraction of sp³-hybridized carbons (Fsp3) is 0.273. The smallest absolute Gasteiger partial charge is 0.305 e. The first-order chi connectivity index (χ1) is 7.90. The van der Waals surface area contributed by atoms with Crippen LogP contribution in [-0.4, -0.2) is 33.2 Å². The zero-order valence-corrected chi connectivity index (χ0v) is 9.17. The molecule has 6 heteroatoms. The van der Waals surface area contributed by atoms with Gasteiger partial charge in [-0.15, -0.1) is 0 Å². The number of hydrogen-bond acceptors (Lipinski definition) is 4. The highest BCUT2D eigenvalue weighted by Gasteiger charge is 2.15. The lowest BCUT2D eigenvalue weighted by atomic mass is 10.1. The fourth-order valence-corrected chi connectivity index (χ4v) is 1.33. The normalized spacial score (nSPS) is 11.8. The number of phenolic OH excluding ortho intramolecular Hbond substituents is 2. The third-order valence-electron chi connectivity index (χ3n) is 2.08. The molecule has 0 fully saturated rings. The topological polar surface area (TPSA) is 107 Å². The average Bonchev–Trinajstić information content (AvgIpc) is 2.15. The number of carbonyl (C=O) groups excluding carboxylic acids is 1. The van der Waals surface area contributed by atoms with Gasteiger partial charge >= 0.3 is 5.97 Å². The van der Waals surface area contributed by atoms with Crippen LogP contribution in [0.4, 0.5) is 0 Å². The Balaban J connectivity index is 2.73. The van der Waals surface area contributed by atoms with Crippen LogP contribution in [0.15, 0.2) is 18.2 Å². The third-order valence-corrected chi connectivity index (χ3v) is 2.08. The molecule has 0 spiro atoms. The van der Waals surface area contributed by atoms with Crippen LogP contribution in [0.2, 0.25) is 0 Å². The summed E-state index contributed by atoms with van der Waals surface area (Å²) in [5.74, 6) is -2.12. The lowest BCUT2D eigenvalue weighted by Crippen LogP contribution is -2.34. The lowest BCUT2D eigenvalue weighted by molar-refractivity contribution is -0.137. The van der Waals surface area contributed by atoms with Gasteiger partial charge in [0.1, 0.15) is 11.5 Å². The predicted molar refractivity (Wildman–Crippen MR) is 59.0 cm³/mol. The second kappa shape index (κ2) is 5.20. The van der Waals surface area contributed by atoms with Gasteiger partial charge in [0.2, 0.25) is 0 Å². The van der Waals surface area contributed by atoms with Crippen molar-refractivity contribution in [2.75, 3.05) is 0 Å². The van der Waals surface area contributed by atoms with Gasteiger partial charge < -0.3 is 20.6 Å². The van der Waals surface area contributed by atoms with E-state index in [-0.39, 0.29) is 23.5 Å². The number of carboxylic acids is 1. The van der Waals surface area contributed by atoms with Crippen molar-refractivity contribution in [3.05, 3.63) is 23.8 Å². The predicted octanol–water partition coefficient (Wildman–Crippen LogP) is 0.691. The van der Waals surface area contributed by atoms with Gasteiger partial charge in [-0.2, -0.15) is 0 Å². The molecule has 6 nitrogen and oxygen atoms in total. The largest absolute Gasteiger partial charge is 0.508 e. The first kappa shape index (κ1) is 12.8. The molecule has 0 aliphatic heterocycles. The fourth-order valence-electron chi connectivity index (χ4n) is 1.33. The number of hydrogen-bond donors (Lipinski definition) is 4. The Morgan fingerprint density at radius 1 is 1.35 bits per heavy atom. The van der Waals surface area contributed by atoms with Crippen molar-refractivity contribution < 1.29 is 24.9 Å². The monoisotopic (exact) mass is 239 g/mol. The Bertz CT molecular complexity index is 443. The first-order valence-electron chi connectivity index (χ1n) is 4.94. The van der Waals surface area contributed by atoms with E-state index in [0.29, 0.717) is 0 Å². The Kier molecular flexibility index (Phi) is 3.92. The van der Waals surface area contributed by atoms with E-state index in [0.717, 1.165) is 6.07 Å². The molecule has 0 saturated heterocycles. The van der Waals surface area contributed by atoms with Crippen LogP contribution in [0.1, 0.15) is 23.7 Å². The maximum Gasteiger partial charge on any atom is 0.305 e. The van der Waals surface area contributed by atoms with Gasteiger partial charge in [-0.1, -0.05) is 0 Å². The van der Waals surface area contributed by atoms with Crippen LogP contribution in [0, 0.1) is 0 Å². The molecule has 0 bridgehead atoms. The number of nitrogens with one attached hydrogen (secondary N) is 1. The molecule has 17 heavy (non-hydrogen) atoms. The molecule has 0 aliphatic carbocycles. The SMILES string of the molecule is CC(CC(=O)O)NC(=O)c1ccc(O)cc1O. The highest BCUT2D eigenvalue weighted by atomic mass is 16.4. The summed E-state index contributed by atoms with van der Waals surface area (Å²) in [6, 6.07) is 3.01. The van der Waals surface area contributed by atoms with Crippen molar-refractivity contribution in [2.45, 2.75) is 19.4 Å². The summed E-state index contributed by atoms with van der Waals surface area (Å²) in [6.45, 7) is 1.55. The van der Waals surface area contributed by atoms with E-state index in [1.54, 1.807) is 6.92 Å². The van der Waals surface area contributed by atoms with Crippen LogP contribution in [0.5, 0.6) is 11.5 Å². The van der Waals surface area contributed by atoms with Gasteiger partial charge in [0.25, 0.3) is 5.91 Å². The van der Waals surface area contributed by atoms with Crippen LogP contribution in [-0.2, 0) is 4.79 Å². The first-order valence-corrected chi connectivity index (χ1v) is 4.94. The molecule has 0 radical (unpaired) electrons. The average molecular weight is 239 g/mol. The summed E-state index contributed by atoms with van der Waals surface area (Å²) in [5, 5.41) is 29.4. The Morgan fingerprint density at radius 2 is 2.00 bits per heavy atom. The molecule has 0 heterocycles. The Labute approximate surface area is 97.5 Å². The number of rotatable bonds is 4. The summed E-state index contributed by atoms with van der Waals surface area (Å²) in [4.78, 5) is 22.0. The summed E-state index contributed by atoms with van der Waals surface area (Å²) in [5.41, 5.74) is -0.0139. The zero-order chi connectivity index (χ0) is 13.0. The van der Waals surface area contributed by atoms with Gasteiger partial charge in [0.05, 0.1) is 12.0 Å². The highest BCUT2D eigenvalue weighted by molar-refractivity contribution is 5.97. The molecule has 92 valence electrons. The number of carboxylic acid groups (broad SMARTS) is 1. The number of carbonyl (C=O) groups is 2. The number of phenols is 2. The molecule has 1 rings (SSSR count). The number of aromatic hydroxyl groups is 2. The second-order valence-electron chi connectivity index (χ2n) is 3.67. The van der Waals surface area contributed by atoms with Crippen molar-refractivity contribution in [3.63, 3.8) is 0 Å². The van der Waals surface area contributed by atoms with Gasteiger partial charge in [-0.3, -0.25) is 9.59 Å². The van der Waals surface area contributed by atoms with Gasteiger partial charge in [0, 0.05) is 12.1 Å². The number of amides is 1. The van der Waals surface area contributed by atoms with Crippen molar-refractivity contribution in [2.24, 2.45) is 0 Å². The van der Waals surface area contributed by atoms with E-state index >= 15 is 0 Å². The van der Waals surface area contributed by atoms with Crippen LogP contribution in [0.3, 0.4) is 0 Å². The third kappa shape index (κ3) is 3.67. The molecule has 0 aromatic heterocycles. The minimum Gasteiger partial charge on any atom is -0.508 e. The molecule has 0 aliphatic rings. The minimum absolute atomic E-state index is 0.0139. The van der Waals surface area contributed by atoms with Crippen LogP contribution < -0.4 is 5.32 Å². The standard InChI is InChI=1S/C11H13NO5/c1-6(4-10(15)16)12-11(17)8-3-2-7(13)5-9(8)14/h2-3,5-6,13-14H,4H2,1H3,(H,12,17)(H,15,16). The molecule has 0 saturated carbocycles. The molecule has 4 N–H and O–H groups in total. The van der Waals surface area contributed by atoms with E-state index in [1.807, 2.05) is 0 Å². The molecule has 1 atom stereocenters. The summed E-state index contributed by atoms with van der Waals surface area (Å²) >= 11 is 0. The van der Waals surface area contributed by atoms with Gasteiger partial charge in [-0.25, -0.2) is 0 Å². The molecular formula is C11H13NO5. The highest BCUT2D eigenvalue weighted by Crippen LogP contribution is 2.22. The maximum absolute atomic E-state index is 11.6. The summed E-state index contributed by atoms with van der Waals surface area (Å²) < 4.78 is 0. The summed E-state index contributed by atoms with van der Waals surface area (Å²) in [6.07, 6.45) is -0.204. The van der Waals surface area contributed by atoms with E-state index in [9.17, 15) is 14.7 Å². The van der Waals surface area contributed by atoms with Gasteiger partial charge in [0.15, 0.2) is 0 Å². The second-order valence-corrected chi connectivity index (χ2v) is 3.67. The molecule has 1 aromatic rings. The van der Waals surface area contributed by atoms with Crippen LogP contribution >= 0.6 is 0 Å². The van der Waals surface area contributed by atoms with Crippen LogP contribution in [0.25, 0.3) is 0 Å². The van der Waals surface area contributed by atoms with E-state index < -0.39 is 17.9 Å². The number of benzene rings is 1. The number of aliphatic carboxylic acids is 1. The van der Waals surface area contributed by atoms with Crippen molar-refractivity contribution in [1.82, 2.24) is 5.32 Å². The van der Waals surface area contributed by atoms with Crippen molar-refractivity contribution in [3.8, 4) is 11.5 Å². The molecule has 1 unspecified atom stereocenters. The maximum atomic E-state index is 11.6. The lowest BCUT2D eigenvalue weighted by Gasteiger charge is -2.12. The summed E-state index contributed by atoms with van der Waals surface area (Å²) in [7, 11) is 0. The Morgan fingerprint density at radius 3 is 2.53 bits per heavy atom. The van der Waals surface area contributed by atoms with Crippen molar-refractivity contribution >= 4 is 11.9 Å². The van der Waals surface area contributed by atoms with Gasteiger partial charge in [-0.05, 0) is 19.1 Å². The minimum atomic E-state index is -1.02. The molecular weight excluding hydrogens is 226 g/mol. The molecule has 1 amide bonds. The van der Waals surface area contributed by atoms with E-state index in [2.05, 4.69) is 5.32 Å². The van der Waals surface area contributed by atoms with E-state index in [4.69, 9.17) is 10.2 Å². The van der Waals surface area contributed by atoms with E-state index in [1.165, 1.54) is 12.1 Å². The van der Waals surface area contributed by atoms with Crippen molar-refractivity contribution in [1.29, 1.82) is 0 Å².